The van der Waals surface area contributed by atoms with Crippen molar-refractivity contribution < 1.29 is 114 Å². The second-order valence-electron chi connectivity index (χ2n) is 26.2. The molecule has 0 bridgehead atoms. The van der Waals surface area contributed by atoms with Crippen LogP contribution in [-0.2, 0) is 52.3 Å². The number of esters is 2. The molecule has 0 amide bonds. The number of allylic oxidation sites excluding steroid dienone is 2. The van der Waals surface area contributed by atoms with E-state index in [-0.39, 0.29) is 11.8 Å². The summed E-state index contributed by atoms with van der Waals surface area (Å²) in [5.41, 5.74) is -4.56. The third-order valence-corrected chi connectivity index (χ3v) is 21.1. The van der Waals surface area contributed by atoms with E-state index in [1.165, 1.54) is 0 Å². The van der Waals surface area contributed by atoms with Crippen molar-refractivity contribution in [2.45, 2.75) is 231 Å². The normalized spacial score (nSPS) is 49.4. The fraction of sp³-hybridized carbons (Fsp3) is 0.875. The first-order valence-corrected chi connectivity index (χ1v) is 28.0. The lowest BCUT2D eigenvalue weighted by Crippen LogP contribution is -2.76. The molecule has 3 saturated heterocycles. The molecule has 0 aromatic rings. The summed E-state index contributed by atoms with van der Waals surface area (Å²) in [5, 5.41) is 134. The quantitative estimate of drug-likeness (QED) is 0.0470. The van der Waals surface area contributed by atoms with Gasteiger partial charge in [-0.2, -0.15) is 0 Å². The summed E-state index contributed by atoms with van der Waals surface area (Å²) in [6.07, 6.45) is -25.3. The van der Waals surface area contributed by atoms with Crippen LogP contribution in [0.4, 0.5) is 0 Å². The highest BCUT2D eigenvalue weighted by Gasteiger charge is 2.76. The number of rotatable bonds is 14. The fourth-order valence-electron chi connectivity index (χ4n) is 16.2. The Kier molecular flexibility index (Phi) is 17.6. The van der Waals surface area contributed by atoms with E-state index in [0.717, 1.165) is 5.57 Å². The molecule has 23 heteroatoms. The minimum absolute atomic E-state index is 0.145. The molecule has 450 valence electrons. The number of hydrogen-bond donors (Lipinski definition) is 12. The third kappa shape index (κ3) is 9.76. The van der Waals surface area contributed by atoms with Gasteiger partial charge in [0, 0.05) is 16.4 Å². The molecule has 0 aromatic heterocycles. The van der Waals surface area contributed by atoms with Crippen LogP contribution in [0.1, 0.15) is 115 Å². The molecule has 8 rings (SSSR count). The maximum Gasteiger partial charge on any atom is 0.335 e. The number of fused-ring (bicyclic) bond motifs is 7. The van der Waals surface area contributed by atoms with Crippen molar-refractivity contribution in [2.24, 2.45) is 56.2 Å². The number of carboxylic acids is 1. The highest BCUT2D eigenvalue weighted by molar-refractivity contribution is 5.87. The standard InChI is InChI=1S/C56H88O23/c1-12-24(4)47(71)78-43-44(79-46(70)23(2)3)56(22-59)26(19-51(43,5)6)25-13-14-30-53(9)17-16-31(52(7,8)29(53)15-18-54(30,10)55(25,11)41(66)42(56)67)74-50-40(77-49-36(64)34(62)32(60)27(20-57)72-49)38(37(65)39(76-50)45(68)69)75-48-35(63)33(61)28(21-58)73-48/h12-13,23,26-44,48-50,57-67H,14-22H2,1-11H3,(H,68,69)/b24-12-/t26?,27?,28-,29?,30?,31+,32+,33?,34+,35+,36?,37-,38+,39?,40?,41+,42-,43+,44+,48+,49+,50-,53+,54-,55+,56+/m1/s1. The van der Waals surface area contributed by atoms with Gasteiger partial charge >= 0.3 is 17.9 Å². The van der Waals surface area contributed by atoms with Gasteiger partial charge in [0.1, 0.15) is 67.1 Å². The summed E-state index contributed by atoms with van der Waals surface area (Å²) >= 11 is 0. The Morgan fingerprint density at radius 1 is 0.696 bits per heavy atom. The number of carboxylic acid groups (broad SMARTS) is 1. The summed E-state index contributed by atoms with van der Waals surface area (Å²) < 4.78 is 49.0. The van der Waals surface area contributed by atoms with Crippen LogP contribution in [0, 0.1) is 56.2 Å². The second kappa shape index (κ2) is 22.3. The highest BCUT2D eigenvalue weighted by atomic mass is 16.8. The summed E-state index contributed by atoms with van der Waals surface area (Å²) in [6.45, 7) is 18.5. The van der Waals surface area contributed by atoms with Crippen LogP contribution in [0.25, 0.3) is 0 Å². The van der Waals surface area contributed by atoms with Gasteiger partial charge in [0.15, 0.2) is 31.1 Å². The van der Waals surface area contributed by atoms with Crippen LogP contribution in [0.3, 0.4) is 0 Å². The van der Waals surface area contributed by atoms with Gasteiger partial charge in [0.2, 0.25) is 0 Å². The smallest absolute Gasteiger partial charge is 0.335 e. The Morgan fingerprint density at radius 2 is 1.28 bits per heavy atom. The van der Waals surface area contributed by atoms with Crippen LogP contribution >= 0.6 is 0 Å². The molecule has 3 heterocycles. The van der Waals surface area contributed by atoms with Gasteiger partial charge in [-0.15, -0.1) is 0 Å². The lowest BCUT2D eigenvalue weighted by Gasteiger charge is -2.73. The molecule has 79 heavy (non-hydrogen) atoms. The zero-order valence-electron chi connectivity index (χ0n) is 47.2. The number of aliphatic hydroxyl groups is 11. The van der Waals surface area contributed by atoms with Crippen molar-refractivity contribution in [1.29, 1.82) is 0 Å². The van der Waals surface area contributed by atoms with Gasteiger partial charge in [-0.3, -0.25) is 4.79 Å². The summed E-state index contributed by atoms with van der Waals surface area (Å²) in [5.74, 6) is -4.49. The molecule has 0 spiro atoms. The Bertz CT molecular complexity index is 2310. The average molecular weight is 1130 g/mol. The Labute approximate surface area is 460 Å². The van der Waals surface area contributed by atoms with Gasteiger partial charge in [-0.05, 0) is 86.4 Å². The van der Waals surface area contributed by atoms with Crippen molar-refractivity contribution in [2.75, 3.05) is 19.8 Å². The van der Waals surface area contributed by atoms with Gasteiger partial charge in [-0.25, -0.2) is 9.59 Å². The molecule has 23 nitrogen and oxygen atoms in total. The van der Waals surface area contributed by atoms with E-state index in [2.05, 4.69) is 19.9 Å². The van der Waals surface area contributed by atoms with Crippen LogP contribution in [0.5, 0.6) is 0 Å². The molecule has 8 aliphatic rings. The molecule has 0 radical (unpaired) electrons. The molecule has 12 N–H and O–H groups in total. The molecule has 0 aromatic carbocycles. The van der Waals surface area contributed by atoms with Crippen molar-refractivity contribution in [3.05, 3.63) is 23.3 Å². The zero-order chi connectivity index (χ0) is 58.6. The number of hydrogen-bond acceptors (Lipinski definition) is 22. The predicted molar refractivity (Wildman–Crippen MR) is 272 cm³/mol. The molecule has 3 aliphatic heterocycles. The first-order chi connectivity index (χ1) is 36.8. The number of aliphatic hydroxyl groups excluding tert-OH is 11. The largest absolute Gasteiger partial charge is 0.479 e. The average Bonchev–Trinajstić information content (AvgIpc) is 3.35. The van der Waals surface area contributed by atoms with Crippen LogP contribution in [0.15, 0.2) is 23.3 Å². The molecule has 5 aliphatic carbocycles. The van der Waals surface area contributed by atoms with Crippen LogP contribution in [-0.4, -0.2) is 216 Å². The van der Waals surface area contributed by atoms with E-state index < -0.39 is 199 Å². The van der Waals surface area contributed by atoms with Crippen molar-refractivity contribution in [3.63, 3.8) is 0 Å². The zero-order valence-corrected chi connectivity index (χ0v) is 47.2. The third-order valence-electron chi connectivity index (χ3n) is 21.1. The van der Waals surface area contributed by atoms with Gasteiger partial charge in [0.25, 0.3) is 0 Å². The number of carbonyl (C=O) groups excluding carboxylic acids is 2. The van der Waals surface area contributed by atoms with Gasteiger partial charge in [-0.1, -0.05) is 80.0 Å². The fourth-order valence-corrected chi connectivity index (χ4v) is 16.2. The minimum Gasteiger partial charge on any atom is -0.479 e. The number of aliphatic carboxylic acids is 1. The molecular weight excluding hydrogens is 1040 g/mol. The second-order valence-corrected chi connectivity index (χ2v) is 26.2. The topological polar surface area (TPSA) is 368 Å². The van der Waals surface area contributed by atoms with Crippen molar-refractivity contribution in [1.82, 2.24) is 0 Å². The van der Waals surface area contributed by atoms with Gasteiger partial charge in [0.05, 0.1) is 49.5 Å². The van der Waals surface area contributed by atoms with Crippen LogP contribution < -0.4 is 0 Å². The lowest BCUT2D eigenvalue weighted by atomic mass is 9.32. The van der Waals surface area contributed by atoms with E-state index in [9.17, 15) is 75.7 Å². The van der Waals surface area contributed by atoms with Gasteiger partial charge < -0.3 is 99.2 Å². The number of ether oxygens (including phenoxy) is 8. The van der Waals surface area contributed by atoms with E-state index in [1.54, 1.807) is 33.8 Å². The Hall–Kier alpha value is -2.79. The van der Waals surface area contributed by atoms with Crippen molar-refractivity contribution in [3.8, 4) is 0 Å². The summed E-state index contributed by atoms with van der Waals surface area (Å²) in [4.78, 5) is 40.1. The molecule has 7 fully saturated rings. The highest BCUT2D eigenvalue weighted by Crippen LogP contribution is 2.76. The lowest BCUT2D eigenvalue weighted by molar-refractivity contribution is -0.386. The van der Waals surface area contributed by atoms with E-state index in [4.69, 9.17) is 37.9 Å². The summed E-state index contributed by atoms with van der Waals surface area (Å²) in [7, 11) is 0. The van der Waals surface area contributed by atoms with Crippen LogP contribution in [0.2, 0.25) is 0 Å². The summed E-state index contributed by atoms with van der Waals surface area (Å²) in [6, 6.07) is 0. The first kappa shape index (κ1) is 62.3. The van der Waals surface area contributed by atoms with E-state index in [1.807, 2.05) is 34.6 Å². The predicted octanol–water partition coefficient (Wildman–Crippen LogP) is -0.0475. The Balaban J connectivity index is 1.14. The Morgan fingerprint density at radius 3 is 1.84 bits per heavy atom. The van der Waals surface area contributed by atoms with E-state index in [0.29, 0.717) is 44.1 Å². The first-order valence-electron chi connectivity index (χ1n) is 28.0. The minimum atomic E-state index is -2.12. The maximum absolute atomic E-state index is 13.7. The van der Waals surface area contributed by atoms with E-state index >= 15 is 0 Å². The monoisotopic (exact) mass is 1130 g/mol. The molecule has 26 atom stereocenters. The molecule has 8 unspecified atom stereocenters. The number of carbonyl (C=O) groups is 3. The SMILES string of the molecule is C/C=C(/C)C(=O)O[C@H]1[C@H](OC(=O)C(C)C)[C@@]2(CO)C(CC1(C)C)C1=CCC3[C@@]4(C)CC[C@H](O[C@@H]5OC(C(=O)O)[C@H](O)[C@H](O[C@@H]6O[C@H](CO)C(O)[C@@H]6O)C5O[C@@H]5OC(CO)[C@H](O)[C@H](O)C5O)C(C)(C)C4CC[C@@]3(C)[C@]1(C)[C@@H](O)[C@H]2O. The molecule has 4 saturated carbocycles. The molecular formula is C56H88O23. The van der Waals surface area contributed by atoms with Crippen molar-refractivity contribution >= 4 is 17.9 Å². The maximum atomic E-state index is 13.7.